The zero-order valence-corrected chi connectivity index (χ0v) is 10.1. The van der Waals surface area contributed by atoms with E-state index in [1.807, 2.05) is 0 Å². The Morgan fingerprint density at radius 3 is 2.62 bits per heavy atom. The molecule has 2 saturated carbocycles. The minimum absolute atomic E-state index is 0.102. The summed E-state index contributed by atoms with van der Waals surface area (Å²) in [6, 6.07) is 0. The molecule has 3 nitrogen and oxygen atoms in total. The molecule has 0 bridgehead atoms. The van der Waals surface area contributed by atoms with E-state index in [1.54, 1.807) is 0 Å². The first kappa shape index (κ1) is 11.0. The summed E-state index contributed by atoms with van der Waals surface area (Å²) in [5.74, 6) is 0.249. The standard InChI is InChI=1S/C13H22O3/c1-12-6-4-11(14)9-10(12)3-2-5-13(12)15-7-8-16-13/h10-11,14H,2-9H2,1H3/t10-,11-,12+/m0/s1. The van der Waals surface area contributed by atoms with E-state index in [0.29, 0.717) is 5.92 Å². The van der Waals surface area contributed by atoms with Crippen LogP contribution in [-0.4, -0.2) is 30.2 Å². The van der Waals surface area contributed by atoms with Crippen LogP contribution in [0.25, 0.3) is 0 Å². The van der Waals surface area contributed by atoms with E-state index in [9.17, 15) is 5.11 Å². The van der Waals surface area contributed by atoms with Crippen molar-refractivity contribution < 1.29 is 14.6 Å². The monoisotopic (exact) mass is 226 g/mol. The molecule has 0 aromatic rings. The highest BCUT2D eigenvalue weighted by Gasteiger charge is 2.59. The molecular formula is C13H22O3. The van der Waals surface area contributed by atoms with Gasteiger partial charge in [0.15, 0.2) is 5.79 Å². The van der Waals surface area contributed by atoms with E-state index in [1.165, 1.54) is 12.8 Å². The maximum absolute atomic E-state index is 9.81. The molecular weight excluding hydrogens is 204 g/mol. The number of hydrogen-bond donors (Lipinski definition) is 1. The first-order valence-electron chi connectivity index (χ1n) is 6.62. The van der Waals surface area contributed by atoms with Gasteiger partial charge in [-0.25, -0.2) is 0 Å². The lowest BCUT2D eigenvalue weighted by Crippen LogP contribution is -2.57. The average molecular weight is 226 g/mol. The SMILES string of the molecule is C[C@@]12CC[C@H](O)C[C@@H]1CCCC21OCCO1. The summed E-state index contributed by atoms with van der Waals surface area (Å²) in [5.41, 5.74) is 0.126. The highest BCUT2D eigenvalue weighted by Crippen LogP contribution is 2.58. The van der Waals surface area contributed by atoms with E-state index in [-0.39, 0.29) is 17.3 Å². The Morgan fingerprint density at radius 1 is 1.12 bits per heavy atom. The summed E-state index contributed by atoms with van der Waals surface area (Å²) >= 11 is 0. The van der Waals surface area contributed by atoms with Crippen molar-refractivity contribution in [2.24, 2.45) is 11.3 Å². The summed E-state index contributed by atoms with van der Waals surface area (Å²) in [7, 11) is 0. The molecule has 16 heavy (non-hydrogen) atoms. The highest BCUT2D eigenvalue weighted by atomic mass is 16.7. The zero-order chi connectivity index (χ0) is 11.2. The Labute approximate surface area is 97.1 Å². The topological polar surface area (TPSA) is 38.7 Å². The molecule has 2 aliphatic carbocycles. The largest absolute Gasteiger partial charge is 0.393 e. The number of fused-ring (bicyclic) bond motifs is 2. The average Bonchev–Trinajstić information content (AvgIpc) is 2.72. The first-order valence-corrected chi connectivity index (χ1v) is 6.62. The summed E-state index contributed by atoms with van der Waals surface area (Å²) in [4.78, 5) is 0. The molecule has 1 spiro atoms. The summed E-state index contributed by atoms with van der Waals surface area (Å²) in [5, 5.41) is 9.81. The second-order valence-corrected chi connectivity index (χ2v) is 5.88. The van der Waals surface area contributed by atoms with E-state index in [4.69, 9.17) is 9.47 Å². The number of aliphatic hydroxyl groups is 1. The zero-order valence-electron chi connectivity index (χ0n) is 10.1. The van der Waals surface area contributed by atoms with Crippen LogP contribution in [0.2, 0.25) is 0 Å². The fourth-order valence-electron chi connectivity index (χ4n) is 4.11. The molecule has 3 atom stereocenters. The molecule has 1 N–H and O–H groups in total. The smallest absolute Gasteiger partial charge is 0.174 e. The number of hydrogen-bond acceptors (Lipinski definition) is 3. The maximum atomic E-state index is 9.81. The number of aliphatic hydroxyl groups excluding tert-OH is 1. The predicted octanol–water partition coefficient (Wildman–Crippen LogP) is 2.08. The Morgan fingerprint density at radius 2 is 1.88 bits per heavy atom. The minimum atomic E-state index is -0.323. The molecule has 0 unspecified atom stereocenters. The fraction of sp³-hybridized carbons (Fsp3) is 1.00. The first-order chi connectivity index (χ1) is 7.66. The van der Waals surface area contributed by atoms with E-state index >= 15 is 0 Å². The van der Waals surface area contributed by atoms with Crippen LogP contribution in [0.5, 0.6) is 0 Å². The van der Waals surface area contributed by atoms with Gasteiger partial charge in [0.1, 0.15) is 0 Å². The lowest BCUT2D eigenvalue weighted by atomic mass is 9.57. The second kappa shape index (κ2) is 3.69. The van der Waals surface area contributed by atoms with Crippen LogP contribution in [0.4, 0.5) is 0 Å². The van der Waals surface area contributed by atoms with E-state index in [2.05, 4.69) is 6.92 Å². The highest BCUT2D eigenvalue weighted by molar-refractivity contribution is 5.03. The second-order valence-electron chi connectivity index (χ2n) is 5.88. The molecule has 3 aliphatic rings. The lowest BCUT2D eigenvalue weighted by molar-refractivity contribution is -0.280. The molecule has 92 valence electrons. The van der Waals surface area contributed by atoms with E-state index in [0.717, 1.165) is 38.9 Å². The van der Waals surface area contributed by atoms with Crippen LogP contribution in [0.1, 0.15) is 45.4 Å². The molecule has 0 aromatic heterocycles. The van der Waals surface area contributed by atoms with Gasteiger partial charge in [0.25, 0.3) is 0 Å². The normalized spacial score (nSPS) is 46.9. The summed E-state index contributed by atoms with van der Waals surface area (Å²) in [6.45, 7) is 3.80. The molecule has 3 heteroatoms. The molecule has 1 saturated heterocycles. The van der Waals surface area contributed by atoms with Crippen molar-refractivity contribution in [1.82, 2.24) is 0 Å². The molecule has 1 heterocycles. The Hall–Kier alpha value is -0.120. The van der Waals surface area contributed by atoms with Crippen molar-refractivity contribution in [3.63, 3.8) is 0 Å². The van der Waals surface area contributed by atoms with Gasteiger partial charge in [0.2, 0.25) is 0 Å². The van der Waals surface area contributed by atoms with Gasteiger partial charge in [-0.05, 0) is 38.0 Å². The number of rotatable bonds is 0. The summed E-state index contributed by atoms with van der Waals surface area (Å²) < 4.78 is 12.0. The Balaban J connectivity index is 1.90. The van der Waals surface area contributed by atoms with Gasteiger partial charge >= 0.3 is 0 Å². The third-order valence-corrected chi connectivity index (χ3v) is 5.14. The third-order valence-electron chi connectivity index (χ3n) is 5.14. The van der Waals surface area contributed by atoms with Gasteiger partial charge in [-0.15, -0.1) is 0 Å². The van der Waals surface area contributed by atoms with Crippen molar-refractivity contribution in [2.75, 3.05) is 13.2 Å². The number of ether oxygens (including phenoxy) is 2. The molecule has 0 aromatic carbocycles. The van der Waals surface area contributed by atoms with Gasteiger partial charge in [0.05, 0.1) is 19.3 Å². The van der Waals surface area contributed by atoms with Crippen LogP contribution in [0.15, 0.2) is 0 Å². The van der Waals surface area contributed by atoms with Crippen molar-refractivity contribution in [1.29, 1.82) is 0 Å². The quantitative estimate of drug-likeness (QED) is 0.687. The Bertz CT molecular complexity index is 272. The van der Waals surface area contributed by atoms with Gasteiger partial charge in [-0.1, -0.05) is 6.92 Å². The van der Waals surface area contributed by atoms with Crippen LogP contribution in [-0.2, 0) is 9.47 Å². The molecule has 3 fully saturated rings. The molecule has 1 aliphatic heterocycles. The molecule has 0 amide bonds. The maximum Gasteiger partial charge on any atom is 0.174 e. The van der Waals surface area contributed by atoms with Crippen LogP contribution in [0, 0.1) is 11.3 Å². The van der Waals surface area contributed by atoms with Crippen molar-refractivity contribution >= 4 is 0 Å². The van der Waals surface area contributed by atoms with Crippen LogP contribution < -0.4 is 0 Å². The van der Waals surface area contributed by atoms with Gasteiger partial charge in [-0.2, -0.15) is 0 Å². The summed E-state index contributed by atoms with van der Waals surface area (Å²) in [6.07, 6.45) is 6.21. The van der Waals surface area contributed by atoms with Gasteiger partial charge in [0, 0.05) is 11.8 Å². The van der Waals surface area contributed by atoms with Crippen molar-refractivity contribution in [3.8, 4) is 0 Å². The van der Waals surface area contributed by atoms with Crippen molar-refractivity contribution in [3.05, 3.63) is 0 Å². The fourth-order valence-corrected chi connectivity index (χ4v) is 4.11. The van der Waals surface area contributed by atoms with Gasteiger partial charge < -0.3 is 14.6 Å². The van der Waals surface area contributed by atoms with Crippen molar-refractivity contribution in [2.45, 2.75) is 57.3 Å². The molecule has 0 radical (unpaired) electrons. The van der Waals surface area contributed by atoms with Crippen LogP contribution >= 0.6 is 0 Å². The van der Waals surface area contributed by atoms with Gasteiger partial charge in [-0.3, -0.25) is 0 Å². The Kier molecular flexibility index (Phi) is 2.54. The molecule has 3 rings (SSSR count). The van der Waals surface area contributed by atoms with E-state index < -0.39 is 0 Å². The minimum Gasteiger partial charge on any atom is -0.393 e. The predicted molar refractivity (Wildman–Crippen MR) is 59.9 cm³/mol. The lowest BCUT2D eigenvalue weighted by Gasteiger charge is -2.55. The third kappa shape index (κ3) is 1.38. The van der Waals surface area contributed by atoms with Crippen LogP contribution in [0.3, 0.4) is 0 Å².